The molecule has 0 unspecified atom stereocenters. The number of furan rings is 1. The Hall–Kier alpha value is -2.82. The molecule has 0 saturated heterocycles. The summed E-state index contributed by atoms with van der Waals surface area (Å²) in [6, 6.07) is 10.8. The van der Waals surface area contributed by atoms with E-state index in [9.17, 15) is 4.79 Å². The number of carbonyl (C=O) groups is 1. The van der Waals surface area contributed by atoms with Gasteiger partial charge in [-0.05, 0) is 42.8 Å². The van der Waals surface area contributed by atoms with E-state index < -0.39 is 5.97 Å². The Kier molecular flexibility index (Phi) is 3.55. The number of aliphatic imine (C=N–C) groups is 1. The van der Waals surface area contributed by atoms with Crippen molar-refractivity contribution in [1.82, 2.24) is 0 Å². The van der Waals surface area contributed by atoms with E-state index in [1.165, 1.54) is 6.26 Å². The third-order valence-electron chi connectivity index (χ3n) is 2.82. The summed E-state index contributed by atoms with van der Waals surface area (Å²) in [5.41, 5.74) is 1.05. The predicted molar refractivity (Wildman–Crippen MR) is 76.9 cm³/mol. The van der Waals surface area contributed by atoms with Gasteiger partial charge in [0.05, 0.1) is 12.9 Å². The average molecular weight is 283 g/mol. The Morgan fingerprint density at radius 1 is 1.29 bits per heavy atom. The van der Waals surface area contributed by atoms with E-state index in [-0.39, 0.29) is 11.6 Å². The molecule has 106 valence electrons. The van der Waals surface area contributed by atoms with Crippen molar-refractivity contribution in [3.63, 3.8) is 0 Å². The van der Waals surface area contributed by atoms with Crippen molar-refractivity contribution in [2.24, 2.45) is 4.99 Å². The van der Waals surface area contributed by atoms with Gasteiger partial charge in [0.15, 0.2) is 11.5 Å². The van der Waals surface area contributed by atoms with Crippen molar-refractivity contribution in [2.45, 2.75) is 6.92 Å². The van der Waals surface area contributed by atoms with Gasteiger partial charge in [-0.1, -0.05) is 12.1 Å². The van der Waals surface area contributed by atoms with Gasteiger partial charge in [-0.3, -0.25) is 0 Å². The normalized spacial score (nSPS) is 16.0. The van der Waals surface area contributed by atoms with Crippen LogP contribution in [-0.2, 0) is 9.53 Å². The number of ether oxygens (including phenoxy) is 2. The minimum atomic E-state index is -0.497. The molecule has 2 heterocycles. The van der Waals surface area contributed by atoms with Crippen molar-refractivity contribution >= 4 is 17.9 Å². The SMILES string of the molecule is CCOc1cccc(/C=C2\N=C(c3ccco3)OC2=O)c1. The lowest BCUT2D eigenvalue weighted by Gasteiger charge is -2.03. The second-order valence-corrected chi connectivity index (χ2v) is 4.32. The van der Waals surface area contributed by atoms with Crippen LogP contribution in [0, 0.1) is 0 Å². The molecule has 1 aliphatic heterocycles. The van der Waals surface area contributed by atoms with Crippen molar-refractivity contribution < 1.29 is 18.7 Å². The van der Waals surface area contributed by atoms with Gasteiger partial charge >= 0.3 is 5.97 Å². The number of carbonyl (C=O) groups excluding carboxylic acids is 1. The topological polar surface area (TPSA) is 61.0 Å². The molecule has 1 aliphatic rings. The third-order valence-corrected chi connectivity index (χ3v) is 2.82. The summed E-state index contributed by atoms with van der Waals surface area (Å²) in [4.78, 5) is 16.0. The van der Waals surface area contributed by atoms with Crippen LogP contribution in [0.15, 0.2) is 57.8 Å². The fraction of sp³-hybridized carbons (Fsp3) is 0.125. The lowest BCUT2D eigenvalue weighted by Crippen LogP contribution is -2.04. The monoisotopic (exact) mass is 283 g/mol. The summed E-state index contributed by atoms with van der Waals surface area (Å²) in [5.74, 6) is 0.851. The summed E-state index contributed by atoms with van der Waals surface area (Å²) >= 11 is 0. The smallest absolute Gasteiger partial charge is 0.363 e. The zero-order valence-corrected chi connectivity index (χ0v) is 11.4. The molecule has 0 N–H and O–H groups in total. The fourth-order valence-corrected chi connectivity index (χ4v) is 1.93. The zero-order valence-electron chi connectivity index (χ0n) is 11.4. The molecule has 2 aromatic rings. The molecule has 5 nitrogen and oxygen atoms in total. The molecular weight excluding hydrogens is 270 g/mol. The van der Waals surface area contributed by atoms with Gasteiger partial charge in [-0.15, -0.1) is 0 Å². The molecule has 21 heavy (non-hydrogen) atoms. The van der Waals surface area contributed by atoms with Gasteiger partial charge in [-0.25, -0.2) is 9.79 Å². The number of nitrogens with zero attached hydrogens (tertiary/aromatic N) is 1. The first kappa shape index (κ1) is 13.2. The van der Waals surface area contributed by atoms with E-state index in [0.717, 1.165) is 11.3 Å². The summed E-state index contributed by atoms with van der Waals surface area (Å²) in [6.45, 7) is 2.50. The van der Waals surface area contributed by atoms with Gasteiger partial charge < -0.3 is 13.9 Å². The van der Waals surface area contributed by atoms with Crippen LogP contribution in [0.5, 0.6) is 5.75 Å². The maximum atomic E-state index is 11.8. The van der Waals surface area contributed by atoms with E-state index in [1.54, 1.807) is 18.2 Å². The Labute approximate surface area is 121 Å². The van der Waals surface area contributed by atoms with E-state index in [2.05, 4.69) is 4.99 Å². The Bertz CT molecular complexity index is 714. The van der Waals surface area contributed by atoms with Gasteiger partial charge in [0, 0.05) is 0 Å². The first-order valence-electron chi connectivity index (χ1n) is 6.55. The summed E-state index contributed by atoms with van der Waals surface area (Å²) in [6.07, 6.45) is 3.15. The first-order chi connectivity index (χ1) is 10.3. The van der Waals surface area contributed by atoms with Crippen molar-refractivity contribution in [2.75, 3.05) is 6.61 Å². The second kappa shape index (κ2) is 5.66. The molecule has 0 atom stereocenters. The highest BCUT2D eigenvalue weighted by molar-refractivity contribution is 6.11. The fourth-order valence-electron chi connectivity index (χ4n) is 1.93. The molecule has 3 rings (SSSR count). The number of benzene rings is 1. The van der Waals surface area contributed by atoms with E-state index in [0.29, 0.717) is 12.4 Å². The molecule has 1 aromatic heterocycles. The van der Waals surface area contributed by atoms with E-state index >= 15 is 0 Å². The van der Waals surface area contributed by atoms with Crippen molar-refractivity contribution in [1.29, 1.82) is 0 Å². The van der Waals surface area contributed by atoms with Crippen LogP contribution in [0.1, 0.15) is 18.2 Å². The molecule has 0 spiro atoms. The summed E-state index contributed by atoms with van der Waals surface area (Å²) < 4.78 is 15.7. The van der Waals surface area contributed by atoms with Crippen LogP contribution in [-0.4, -0.2) is 18.5 Å². The summed E-state index contributed by atoms with van der Waals surface area (Å²) in [5, 5.41) is 0. The number of hydrogen-bond donors (Lipinski definition) is 0. The zero-order chi connectivity index (χ0) is 14.7. The van der Waals surface area contributed by atoms with Crippen LogP contribution in [0.4, 0.5) is 0 Å². The highest BCUT2D eigenvalue weighted by Crippen LogP contribution is 2.21. The molecule has 0 bridgehead atoms. The van der Waals surface area contributed by atoms with Crippen molar-refractivity contribution in [3.05, 3.63) is 59.7 Å². The van der Waals surface area contributed by atoms with E-state index in [1.807, 2.05) is 31.2 Å². The Morgan fingerprint density at radius 3 is 2.95 bits per heavy atom. The Morgan fingerprint density at radius 2 is 2.19 bits per heavy atom. The van der Waals surface area contributed by atoms with Crippen LogP contribution in [0.3, 0.4) is 0 Å². The van der Waals surface area contributed by atoms with Crippen LogP contribution < -0.4 is 4.74 Å². The van der Waals surface area contributed by atoms with Crippen LogP contribution in [0.25, 0.3) is 6.08 Å². The molecule has 0 amide bonds. The van der Waals surface area contributed by atoms with Gasteiger partial charge in [0.1, 0.15) is 5.75 Å². The second-order valence-electron chi connectivity index (χ2n) is 4.32. The third kappa shape index (κ3) is 2.86. The van der Waals surface area contributed by atoms with Crippen LogP contribution in [0.2, 0.25) is 0 Å². The maximum absolute atomic E-state index is 11.8. The van der Waals surface area contributed by atoms with Gasteiger partial charge in [0.25, 0.3) is 5.90 Å². The van der Waals surface area contributed by atoms with Crippen molar-refractivity contribution in [3.8, 4) is 5.75 Å². The highest BCUT2D eigenvalue weighted by Gasteiger charge is 2.25. The standard InChI is InChI=1S/C16H13NO4/c1-2-19-12-6-3-5-11(9-12)10-13-16(18)21-15(17-13)14-7-4-8-20-14/h3-10H,2H2,1H3/b13-10-. The predicted octanol–water partition coefficient (Wildman–Crippen LogP) is 3.02. The molecule has 0 aliphatic carbocycles. The molecule has 1 aromatic carbocycles. The molecule has 0 fully saturated rings. The van der Waals surface area contributed by atoms with Gasteiger partial charge in [0.2, 0.25) is 0 Å². The number of rotatable bonds is 4. The molecular formula is C16H13NO4. The Balaban J connectivity index is 1.89. The lowest BCUT2D eigenvalue weighted by atomic mass is 10.2. The molecule has 5 heteroatoms. The number of hydrogen-bond acceptors (Lipinski definition) is 5. The lowest BCUT2D eigenvalue weighted by molar-refractivity contribution is -0.130. The highest BCUT2D eigenvalue weighted by atomic mass is 16.6. The van der Waals surface area contributed by atoms with Crippen LogP contribution >= 0.6 is 0 Å². The average Bonchev–Trinajstić information content (AvgIpc) is 3.10. The minimum Gasteiger partial charge on any atom is -0.494 e. The minimum absolute atomic E-state index is 0.178. The first-order valence-corrected chi connectivity index (χ1v) is 6.55. The number of esters is 1. The number of cyclic esters (lactones) is 1. The molecule has 0 saturated carbocycles. The van der Waals surface area contributed by atoms with E-state index in [4.69, 9.17) is 13.9 Å². The quantitative estimate of drug-likeness (QED) is 0.639. The maximum Gasteiger partial charge on any atom is 0.363 e. The summed E-state index contributed by atoms with van der Waals surface area (Å²) in [7, 11) is 0. The largest absolute Gasteiger partial charge is 0.494 e. The van der Waals surface area contributed by atoms with Gasteiger partial charge in [-0.2, -0.15) is 0 Å². The molecule has 0 radical (unpaired) electrons.